The van der Waals surface area contributed by atoms with Gasteiger partial charge in [-0.1, -0.05) is 44.2 Å². The Morgan fingerprint density at radius 3 is 2.22 bits per heavy atom. The molecule has 0 aliphatic heterocycles. The summed E-state index contributed by atoms with van der Waals surface area (Å²) in [6, 6.07) is 9.10. The second-order valence-electron chi connectivity index (χ2n) is 4.82. The largest absolute Gasteiger partial charge is 0.312 e. The minimum Gasteiger partial charge on any atom is -0.312 e. The monoisotopic (exact) mass is 269 g/mol. The van der Waals surface area contributed by atoms with Crippen molar-refractivity contribution in [2.24, 2.45) is 17.6 Å². The van der Waals surface area contributed by atoms with E-state index in [-0.39, 0.29) is 12.3 Å². The molecule has 0 radical (unpaired) electrons. The van der Waals surface area contributed by atoms with Gasteiger partial charge in [-0.05, 0) is 11.5 Å². The van der Waals surface area contributed by atoms with Crippen molar-refractivity contribution in [2.75, 3.05) is 0 Å². The van der Waals surface area contributed by atoms with E-state index in [0.29, 0.717) is 6.29 Å². The molecule has 2 atom stereocenters. The predicted molar refractivity (Wildman–Crippen MR) is 71.8 cm³/mol. The molecule has 0 fully saturated rings. The minimum absolute atomic E-state index is 0.121. The summed E-state index contributed by atoms with van der Waals surface area (Å²) in [5, 5.41) is 0. The van der Waals surface area contributed by atoms with Crippen LogP contribution in [0.25, 0.3) is 0 Å². The molecule has 1 aromatic carbocycles. The lowest BCUT2D eigenvalue weighted by Gasteiger charge is -2.31. The van der Waals surface area contributed by atoms with Crippen LogP contribution in [0.2, 0.25) is 0 Å². The number of nitrogens with two attached hydrogens (primary N) is 1. The molecule has 0 spiro atoms. The standard InChI is InChI=1S/C13H19NO3S/c1-10(2)12(9-15)13(14,18(16)17)8-11-6-4-3-5-7-11/h3-7,9-10,12,18H,8,14H2,1-2H3. The molecule has 2 N–H and O–H groups in total. The first-order valence-corrected chi connectivity index (χ1v) is 7.02. The number of carbonyl (C=O) groups excluding carboxylic acids is 1. The second kappa shape index (κ2) is 6.11. The number of rotatable bonds is 6. The lowest BCUT2D eigenvalue weighted by atomic mass is 9.86. The van der Waals surface area contributed by atoms with Gasteiger partial charge in [-0.15, -0.1) is 0 Å². The summed E-state index contributed by atoms with van der Waals surface area (Å²) in [4.78, 5) is 9.62. The molecule has 2 unspecified atom stereocenters. The summed E-state index contributed by atoms with van der Waals surface area (Å²) < 4.78 is 23.0. The molecular weight excluding hydrogens is 250 g/mol. The SMILES string of the molecule is CC(C)C(C=O)C(N)(Cc1ccccc1)[SH](=O)=O. The zero-order chi connectivity index (χ0) is 13.8. The molecule has 0 heterocycles. The van der Waals surface area contributed by atoms with Crippen molar-refractivity contribution in [3.05, 3.63) is 35.9 Å². The van der Waals surface area contributed by atoms with Crippen molar-refractivity contribution in [2.45, 2.75) is 25.1 Å². The van der Waals surface area contributed by atoms with Crippen LogP contribution in [0.4, 0.5) is 0 Å². The highest BCUT2D eigenvalue weighted by atomic mass is 32.2. The van der Waals surface area contributed by atoms with E-state index >= 15 is 0 Å². The van der Waals surface area contributed by atoms with Crippen LogP contribution in [-0.4, -0.2) is 19.6 Å². The summed E-state index contributed by atoms with van der Waals surface area (Å²) in [6.45, 7) is 3.59. The zero-order valence-electron chi connectivity index (χ0n) is 10.6. The van der Waals surface area contributed by atoms with E-state index in [2.05, 4.69) is 0 Å². The quantitative estimate of drug-likeness (QED) is 0.596. The number of thiol groups is 1. The summed E-state index contributed by atoms with van der Waals surface area (Å²) in [5.41, 5.74) is 6.81. The highest BCUT2D eigenvalue weighted by Gasteiger charge is 2.40. The van der Waals surface area contributed by atoms with Gasteiger partial charge in [0.1, 0.15) is 11.2 Å². The lowest BCUT2D eigenvalue weighted by molar-refractivity contribution is -0.113. The van der Waals surface area contributed by atoms with Crippen LogP contribution >= 0.6 is 0 Å². The number of hydrogen-bond donors (Lipinski definition) is 2. The smallest absolute Gasteiger partial charge is 0.159 e. The van der Waals surface area contributed by atoms with Gasteiger partial charge in [-0.3, -0.25) is 0 Å². The molecule has 0 bridgehead atoms. The van der Waals surface area contributed by atoms with Crippen molar-refractivity contribution in [3.8, 4) is 0 Å². The Morgan fingerprint density at radius 1 is 1.28 bits per heavy atom. The van der Waals surface area contributed by atoms with Crippen LogP contribution in [0, 0.1) is 11.8 Å². The average molecular weight is 269 g/mol. The number of hydrogen-bond acceptors (Lipinski definition) is 4. The number of benzene rings is 1. The van der Waals surface area contributed by atoms with Gasteiger partial charge in [0.05, 0.1) is 0 Å². The Labute approximate surface area is 109 Å². The summed E-state index contributed by atoms with van der Waals surface area (Å²) in [7, 11) is -2.90. The van der Waals surface area contributed by atoms with Gasteiger partial charge in [-0.2, -0.15) is 0 Å². The third kappa shape index (κ3) is 3.17. The van der Waals surface area contributed by atoms with Gasteiger partial charge in [-0.25, -0.2) is 8.42 Å². The second-order valence-corrected chi connectivity index (χ2v) is 6.16. The molecule has 1 rings (SSSR count). The molecular formula is C13H19NO3S. The first-order valence-electron chi connectivity index (χ1n) is 5.84. The average Bonchev–Trinajstić information content (AvgIpc) is 2.30. The maximum atomic E-state index is 11.5. The third-order valence-corrected chi connectivity index (χ3v) is 4.25. The molecule has 0 saturated carbocycles. The van der Waals surface area contributed by atoms with Crippen LogP contribution < -0.4 is 5.73 Å². The summed E-state index contributed by atoms with van der Waals surface area (Å²) in [6.07, 6.45) is 0.798. The Bertz CT molecular complexity index is 462. The van der Waals surface area contributed by atoms with Crippen molar-refractivity contribution in [1.82, 2.24) is 0 Å². The molecule has 4 nitrogen and oxygen atoms in total. The first kappa shape index (κ1) is 14.9. The van der Waals surface area contributed by atoms with Gasteiger partial charge >= 0.3 is 0 Å². The van der Waals surface area contributed by atoms with Gasteiger partial charge in [0.2, 0.25) is 0 Å². The molecule has 0 saturated heterocycles. The molecule has 0 aliphatic carbocycles. The molecule has 0 aliphatic rings. The fourth-order valence-corrected chi connectivity index (χ4v) is 2.99. The lowest BCUT2D eigenvalue weighted by Crippen LogP contribution is -2.53. The predicted octanol–water partition coefficient (Wildman–Crippen LogP) is 0.967. The van der Waals surface area contributed by atoms with Crippen LogP contribution in [-0.2, 0) is 21.9 Å². The topological polar surface area (TPSA) is 77.2 Å². The molecule has 5 heteroatoms. The molecule has 1 aromatic rings. The highest BCUT2D eigenvalue weighted by Crippen LogP contribution is 2.26. The fraction of sp³-hybridized carbons (Fsp3) is 0.462. The van der Waals surface area contributed by atoms with E-state index in [9.17, 15) is 13.2 Å². The zero-order valence-corrected chi connectivity index (χ0v) is 11.5. The van der Waals surface area contributed by atoms with E-state index < -0.39 is 21.5 Å². The van der Waals surface area contributed by atoms with Crippen molar-refractivity contribution < 1.29 is 13.2 Å². The summed E-state index contributed by atoms with van der Waals surface area (Å²) >= 11 is 0. The minimum atomic E-state index is -2.90. The van der Waals surface area contributed by atoms with Crippen LogP contribution in [0.3, 0.4) is 0 Å². The number of carbonyl (C=O) groups is 1. The highest BCUT2D eigenvalue weighted by molar-refractivity contribution is 7.74. The maximum Gasteiger partial charge on any atom is 0.159 e. The van der Waals surface area contributed by atoms with Crippen molar-refractivity contribution in [3.63, 3.8) is 0 Å². The Morgan fingerprint density at radius 2 is 1.83 bits per heavy atom. The fourth-order valence-electron chi connectivity index (χ4n) is 2.08. The Kier molecular flexibility index (Phi) is 5.04. The van der Waals surface area contributed by atoms with Crippen molar-refractivity contribution in [1.29, 1.82) is 0 Å². The van der Waals surface area contributed by atoms with E-state index in [1.54, 1.807) is 13.8 Å². The van der Waals surface area contributed by atoms with Crippen molar-refractivity contribution >= 4 is 17.0 Å². The van der Waals surface area contributed by atoms with E-state index in [1.807, 2.05) is 30.3 Å². The molecule has 0 amide bonds. The van der Waals surface area contributed by atoms with E-state index in [4.69, 9.17) is 5.73 Å². The normalized spacial score (nSPS) is 16.5. The molecule has 0 aromatic heterocycles. The van der Waals surface area contributed by atoms with E-state index in [0.717, 1.165) is 5.56 Å². The first-order chi connectivity index (χ1) is 8.41. The van der Waals surface area contributed by atoms with Crippen LogP contribution in [0.5, 0.6) is 0 Å². The van der Waals surface area contributed by atoms with Gasteiger partial charge in [0.25, 0.3) is 0 Å². The summed E-state index contributed by atoms with van der Waals surface area (Å²) in [5.74, 6) is -0.831. The van der Waals surface area contributed by atoms with Crippen LogP contribution in [0.1, 0.15) is 19.4 Å². The number of aldehydes is 1. The molecule has 18 heavy (non-hydrogen) atoms. The van der Waals surface area contributed by atoms with Gasteiger partial charge in [0.15, 0.2) is 10.7 Å². The Hall–Kier alpha value is -1.20. The van der Waals surface area contributed by atoms with Gasteiger partial charge in [0, 0.05) is 12.3 Å². The Balaban J connectivity index is 3.12. The molecule has 100 valence electrons. The maximum absolute atomic E-state index is 11.5. The van der Waals surface area contributed by atoms with E-state index in [1.165, 1.54) is 0 Å². The third-order valence-electron chi connectivity index (χ3n) is 3.11. The van der Waals surface area contributed by atoms with Gasteiger partial charge < -0.3 is 10.5 Å². The van der Waals surface area contributed by atoms with Crippen LogP contribution in [0.15, 0.2) is 30.3 Å².